The van der Waals surface area contributed by atoms with Gasteiger partial charge in [-0.05, 0) is 32.0 Å². The first-order chi connectivity index (χ1) is 13.0. The number of ether oxygens (including phenoxy) is 2. The zero-order valence-electron chi connectivity index (χ0n) is 16.5. The lowest BCUT2D eigenvalue weighted by atomic mass is 10.1. The zero-order chi connectivity index (χ0) is 19.8. The highest BCUT2D eigenvalue weighted by Crippen LogP contribution is 2.29. The minimum absolute atomic E-state index is 0.201. The fourth-order valence-corrected chi connectivity index (χ4v) is 3.24. The summed E-state index contributed by atoms with van der Waals surface area (Å²) in [5, 5.41) is 17.0. The summed E-state index contributed by atoms with van der Waals surface area (Å²) in [6.45, 7) is 5.59. The number of nitrogens with one attached hydrogen (secondary N) is 1. The molecule has 7 nitrogen and oxygen atoms in total. The maximum atomic E-state index is 10.6. The summed E-state index contributed by atoms with van der Waals surface area (Å²) in [5.74, 6) is 1.98. The lowest BCUT2D eigenvalue weighted by Gasteiger charge is -2.22. The third-order valence-corrected chi connectivity index (χ3v) is 4.79. The van der Waals surface area contributed by atoms with Crippen LogP contribution in [-0.4, -0.2) is 55.3 Å². The molecular formula is C19H28N4O3S. The van der Waals surface area contributed by atoms with Gasteiger partial charge in [0, 0.05) is 24.5 Å². The molecule has 0 spiro atoms. The van der Waals surface area contributed by atoms with Gasteiger partial charge in [-0.3, -0.25) is 4.99 Å². The molecule has 0 amide bonds. The Hall–Kier alpha value is -2.32. The van der Waals surface area contributed by atoms with Crippen LogP contribution in [0.15, 0.2) is 28.6 Å². The van der Waals surface area contributed by atoms with Crippen LogP contribution >= 0.6 is 11.3 Å². The minimum Gasteiger partial charge on any atom is -0.497 e. The van der Waals surface area contributed by atoms with Crippen LogP contribution in [0.2, 0.25) is 0 Å². The van der Waals surface area contributed by atoms with Crippen molar-refractivity contribution >= 4 is 17.3 Å². The van der Waals surface area contributed by atoms with Crippen LogP contribution in [0.3, 0.4) is 0 Å². The SMILES string of the molecule is CCNC(=NCC(O)c1cc(OC)ccc1OC)N(C)Cc1csc(C)n1. The summed E-state index contributed by atoms with van der Waals surface area (Å²) in [5.41, 5.74) is 1.65. The number of aliphatic hydroxyl groups is 1. The molecule has 1 unspecified atom stereocenters. The highest BCUT2D eigenvalue weighted by molar-refractivity contribution is 7.09. The predicted molar refractivity (Wildman–Crippen MR) is 109 cm³/mol. The summed E-state index contributed by atoms with van der Waals surface area (Å²) in [6.07, 6.45) is -0.807. The van der Waals surface area contributed by atoms with Crippen LogP contribution in [-0.2, 0) is 6.54 Å². The zero-order valence-corrected chi connectivity index (χ0v) is 17.3. The molecule has 1 atom stereocenters. The molecule has 1 aromatic heterocycles. The Balaban J connectivity index is 2.13. The molecule has 0 saturated heterocycles. The molecule has 2 aromatic rings. The molecule has 0 radical (unpaired) electrons. The van der Waals surface area contributed by atoms with Crippen LogP contribution in [0.1, 0.15) is 29.3 Å². The maximum absolute atomic E-state index is 10.6. The number of benzene rings is 1. The van der Waals surface area contributed by atoms with Crippen molar-refractivity contribution < 1.29 is 14.6 Å². The Kier molecular flexibility index (Phi) is 7.87. The smallest absolute Gasteiger partial charge is 0.194 e. The first kappa shape index (κ1) is 21.0. The topological polar surface area (TPSA) is 79.2 Å². The van der Waals surface area contributed by atoms with E-state index in [0.717, 1.165) is 17.2 Å². The number of guanidine groups is 1. The van der Waals surface area contributed by atoms with E-state index in [1.165, 1.54) is 0 Å². The van der Waals surface area contributed by atoms with E-state index in [2.05, 4.69) is 15.3 Å². The van der Waals surface area contributed by atoms with Crippen molar-refractivity contribution in [2.45, 2.75) is 26.5 Å². The molecule has 2 N–H and O–H groups in total. The number of aromatic nitrogens is 1. The van der Waals surface area contributed by atoms with Crippen molar-refractivity contribution in [3.05, 3.63) is 39.8 Å². The molecule has 27 heavy (non-hydrogen) atoms. The number of methoxy groups -OCH3 is 2. The first-order valence-corrected chi connectivity index (χ1v) is 9.66. The molecule has 148 valence electrons. The lowest BCUT2D eigenvalue weighted by molar-refractivity contribution is 0.181. The summed E-state index contributed by atoms with van der Waals surface area (Å²) >= 11 is 1.63. The van der Waals surface area contributed by atoms with Gasteiger partial charge in [0.2, 0.25) is 0 Å². The number of hydrogen-bond acceptors (Lipinski definition) is 6. The number of thiazole rings is 1. The van der Waals surface area contributed by atoms with Gasteiger partial charge < -0.3 is 24.8 Å². The third-order valence-electron chi connectivity index (χ3n) is 3.97. The van der Waals surface area contributed by atoms with E-state index < -0.39 is 6.10 Å². The van der Waals surface area contributed by atoms with Gasteiger partial charge in [0.05, 0.1) is 38.0 Å². The molecular weight excluding hydrogens is 364 g/mol. The van der Waals surface area contributed by atoms with Gasteiger partial charge in [-0.2, -0.15) is 0 Å². The molecule has 0 bridgehead atoms. The number of nitrogens with zero attached hydrogens (tertiary/aromatic N) is 3. The fraction of sp³-hybridized carbons (Fsp3) is 0.474. The Morgan fingerprint density at radius 3 is 2.74 bits per heavy atom. The summed E-state index contributed by atoms with van der Waals surface area (Å²) in [4.78, 5) is 11.1. The van der Waals surface area contributed by atoms with Crippen LogP contribution in [0.5, 0.6) is 11.5 Å². The molecule has 8 heteroatoms. The fourth-order valence-electron chi connectivity index (χ4n) is 2.64. The monoisotopic (exact) mass is 392 g/mol. The second-order valence-corrected chi connectivity index (χ2v) is 7.09. The van der Waals surface area contributed by atoms with Gasteiger partial charge in [-0.15, -0.1) is 11.3 Å². The van der Waals surface area contributed by atoms with Crippen LogP contribution in [0.4, 0.5) is 0 Å². The Morgan fingerprint density at radius 1 is 1.37 bits per heavy atom. The Bertz CT molecular complexity index is 763. The minimum atomic E-state index is -0.807. The summed E-state index contributed by atoms with van der Waals surface area (Å²) in [7, 11) is 5.12. The third kappa shape index (κ3) is 5.83. The lowest BCUT2D eigenvalue weighted by Crippen LogP contribution is -2.38. The summed E-state index contributed by atoms with van der Waals surface area (Å²) < 4.78 is 10.6. The average molecular weight is 393 g/mol. The second kappa shape index (κ2) is 10.1. The van der Waals surface area contributed by atoms with Crippen molar-refractivity contribution in [3.8, 4) is 11.5 Å². The number of aryl methyl sites for hydroxylation is 1. The number of aliphatic hydroxyl groups excluding tert-OH is 1. The standard InChI is InChI=1S/C19H28N4O3S/c1-6-20-19(23(3)11-14-12-27-13(2)22-14)21-10-17(24)16-9-15(25-4)7-8-18(16)26-5/h7-9,12,17,24H,6,10-11H2,1-5H3,(H,20,21). The van der Waals surface area contributed by atoms with E-state index in [-0.39, 0.29) is 6.54 Å². The van der Waals surface area contributed by atoms with Gasteiger partial charge in [0.15, 0.2) is 5.96 Å². The van der Waals surface area contributed by atoms with Crippen molar-refractivity contribution in [2.24, 2.45) is 4.99 Å². The molecule has 0 saturated carbocycles. The number of aliphatic imine (C=N–C) groups is 1. The van der Waals surface area contributed by atoms with E-state index in [9.17, 15) is 5.11 Å². The largest absolute Gasteiger partial charge is 0.497 e. The molecule has 0 aliphatic carbocycles. The first-order valence-electron chi connectivity index (χ1n) is 8.78. The maximum Gasteiger partial charge on any atom is 0.194 e. The van der Waals surface area contributed by atoms with E-state index in [0.29, 0.717) is 29.6 Å². The highest BCUT2D eigenvalue weighted by atomic mass is 32.1. The highest BCUT2D eigenvalue weighted by Gasteiger charge is 2.16. The van der Waals surface area contributed by atoms with Gasteiger partial charge in [-0.25, -0.2) is 4.98 Å². The molecule has 0 aliphatic heterocycles. The van der Waals surface area contributed by atoms with Crippen LogP contribution < -0.4 is 14.8 Å². The predicted octanol–water partition coefficient (Wildman–Crippen LogP) is 2.60. The van der Waals surface area contributed by atoms with Crippen molar-refractivity contribution in [3.63, 3.8) is 0 Å². The Morgan fingerprint density at radius 2 is 2.15 bits per heavy atom. The number of hydrogen-bond donors (Lipinski definition) is 2. The number of rotatable bonds is 8. The van der Waals surface area contributed by atoms with E-state index >= 15 is 0 Å². The molecule has 0 aliphatic rings. The van der Waals surface area contributed by atoms with Crippen molar-refractivity contribution in [2.75, 3.05) is 34.4 Å². The Labute approximate surface area is 164 Å². The quantitative estimate of drug-likeness (QED) is 0.531. The van der Waals surface area contributed by atoms with Crippen molar-refractivity contribution in [1.29, 1.82) is 0 Å². The molecule has 1 heterocycles. The van der Waals surface area contributed by atoms with Crippen LogP contribution in [0.25, 0.3) is 0 Å². The second-order valence-electron chi connectivity index (χ2n) is 6.03. The molecule has 0 fully saturated rings. The van der Waals surface area contributed by atoms with Crippen molar-refractivity contribution in [1.82, 2.24) is 15.2 Å². The molecule has 2 rings (SSSR count). The van der Waals surface area contributed by atoms with E-state index in [4.69, 9.17) is 9.47 Å². The van der Waals surface area contributed by atoms with Gasteiger partial charge in [0.25, 0.3) is 0 Å². The van der Waals surface area contributed by atoms with Gasteiger partial charge in [0.1, 0.15) is 17.6 Å². The molecule has 1 aromatic carbocycles. The average Bonchev–Trinajstić information content (AvgIpc) is 3.08. The van der Waals surface area contributed by atoms with E-state index in [1.54, 1.807) is 43.8 Å². The van der Waals surface area contributed by atoms with Gasteiger partial charge in [-0.1, -0.05) is 0 Å². The van der Waals surface area contributed by atoms with Gasteiger partial charge >= 0.3 is 0 Å². The summed E-state index contributed by atoms with van der Waals surface area (Å²) in [6, 6.07) is 5.35. The van der Waals surface area contributed by atoms with Crippen LogP contribution in [0, 0.1) is 6.92 Å². The van der Waals surface area contributed by atoms with E-state index in [1.807, 2.05) is 31.2 Å². The normalized spacial score (nSPS) is 12.6.